The third-order valence-electron chi connectivity index (χ3n) is 2.46. The lowest BCUT2D eigenvalue weighted by atomic mass is 9.95. The Morgan fingerprint density at radius 1 is 1.26 bits per heavy atom. The minimum absolute atomic E-state index is 0.0434. The van der Waals surface area contributed by atoms with Crippen LogP contribution < -0.4 is 0 Å². The van der Waals surface area contributed by atoms with E-state index < -0.39 is 12.8 Å². The maximum atomic E-state index is 11.9. The molecule has 0 spiro atoms. The molecule has 0 N–H and O–H groups in total. The molecule has 1 atom stereocenters. The highest BCUT2D eigenvalue weighted by Crippen LogP contribution is 2.36. The van der Waals surface area contributed by atoms with Gasteiger partial charge in [0.25, 0.3) is 0 Å². The molecule has 1 aromatic heterocycles. The van der Waals surface area contributed by atoms with Gasteiger partial charge in [0.15, 0.2) is 0 Å². The highest BCUT2D eigenvalue weighted by Gasteiger charge is 2.27. The first-order valence-corrected chi connectivity index (χ1v) is 7.71. The molecule has 0 bridgehead atoms. The van der Waals surface area contributed by atoms with Gasteiger partial charge in [-0.25, -0.2) is 0 Å². The summed E-state index contributed by atoms with van der Waals surface area (Å²) in [6, 6.07) is 4.10. The molecular formula is C13H18BrF3OS. The van der Waals surface area contributed by atoms with E-state index in [0.29, 0.717) is 6.42 Å². The lowest BCUT2D eigenvalue weighted by Crippen LogP contribution is -2.17. The van der Waals surface area contributed by atoms with Gasteiger partial charge >= 0.3 is 6.18 Å². The molecule has 19 heavy (non-hydrogen) atoms. The van der Waals surface area contributed by atoms with Gasteiger partial charge in [0.2, 0.25) is 0 Å². The summed E-state index contributed by atoms with van der Waals surface area (Å²) in [6.45, 7) is 5.33. The van der Waals surface area contributed by atoms with Crippen molar-refractivity contribution in [2.45, 2.75) is 43.6 Å². The summed E-state index contributed by atoms with van der Waals surface area (Å²) >= 11 is 5.18. The Morgan fingerprint density at radius 2 is 1.89 bits per heavy atom. The number of thiophene rings is 1. The fourth-order valence-electron chi connectivity index (χ4n) is 1.44. The molecule has 0 amide bonds. The number of rotatable bonds is 5. The van der Waals surface area contributed by atoms with Gasteiger partial charge < -0.3 is 4.74 Å². The minimum atomic E-state index is -4.25. The molecule has 0 aliphatic carbocycles. The van der Waals surface area contributed by atoms with Gasteiger partial charge in [0.1, 0.15) is 6.61 Å². The molecule has 0 aliphatic heterocycles. The van der Waals surface area contributed by atoms with E-state index >= 15 is 0 Å². The van der Waals surface area contributed by atoms with E-state index in [0.717, 1.165) is 4.88 Å². The van der Waals surface area contributed by atoms with E-state index in [1.54, 1.807) is 11.3 Å². The van der Waals surface area contributed by atoms with Crippen molar-refractivity contribution in [2.75, 3.05) is 13.2 Å². The molecular weight excluding hydrogens is 341 g/mol. The van der Waals surface area contributed by atoms with Crippen LogP contribution in [0.3, 0.4) is 0 Å². The maximum absolute atomic E-state index is 11.9. The molecule has 0 saturated heterocycles. The quantitative estimate of drug-likeness (QED) is 0.502. The zero-order valence-corrected chi connectivity index (χ0v) is 13.6. The van der Waals surface area contributed by atoms with Crippen molar-refractivity contribution in [3.63, 3.8) is 0 Å². The average Bonchev–Trinajstić information content (AvgIpc) is 2.71. The van der Waals surface area contributed by atoms with Crippen molar-refractivity contribution in [1.29, 1.82) is 0 Å². The van der Waals surface area contributed by atoms with Crippen LogP contribution >= 0.6 is 27.3 Å². The summed E-state index contributed by atoms with van der Waals surface area (Å²) < 4.78 is 40.3. The van der Waals surface area contributed by atoms with Gasteiger partial charge in [0, 0.05) is 16.4 Å². The normalized spacial score (nSPS) is 14.7. The van der Waals surface area contributed by atoms with E-state index in [9.17, 15) is 13.2 Å². The van der Waals surface area contributed by atoms with Crippen molar-refractivity contribution < 1.29 is 17.9 Å². The second-order valence-electron chi connectivity index (χ2n) is 5.38. The molecule has 1 nitrogen and oxygen atoms in total. The Bertz CT molecular complexity index is 395. The number of alkyl halides is 4. The van der Waals surface area contributed by atoms with Crippen molar-refractivity contribution in [3.8, 4) is 0 Å². The van der Waals surface area contributed by atoms with E-state index in [1.807, 2.05) is 6.07 Å². The van der Waals surface area contributed by atoms with Crippen LogP contribution in [0.15, 0.2) is 12.1 Å². The lowest BCUT2D eigenvalue weighted by molar-refractivity contribution is -0.174. The van der Waals surface area contributed by atoms with Gasteiger partial charge in [-0.3, -0.25) is 0 Å². The first-order chi connectivity index (χ1) is 8.59. The molecule has 1 heterocycles. The monoisotopic (exact) mass is 358 g/mol. The standard InChI is InChI=1S/C13H18BrF3OS/c1-12(2,3)11-5-4-10(19-11)9(14)6-7-18-8-13(15,16)17/h4-5,9H,6-8H2,1-3H3. The number of halogens is 4. The molecule has 1 unspecified atom stereocenters. The molecule has 1 rings (SSSR count). The molecule has 0 aliphatic rings. The van der Waals surface area contributed by atoms with Gasteiger partial charge in [-0.2, -0.15) is 13.2 Å². The van der Waals surface area contributed by atoms with Gasteiger partial charge in [-0.15, -0.1) is 11.3 Å². The van der Waals surface area contributed by atoms with E-state index in [2.05, 4.69) is 47.5 Å². The second kappa shape index (κ2) is 6.59. The Kier molecular flexibility index (Phi) is 5.89. The van der Waals surface area contributed by atoms with Crippen LogP contribution in [0.25, 0.3) is 0 Å². The highest BCUT2D eigenvalue weighted by atomic mass is 79.9. The molecule has 0 radical (unpaired) electrons. The largest absolute Gasteiger partial charge is 0.411 e. The molecule has 0 aromatic carbocycles. The van der Waals surface area contributed by atoms with Gasteiger partial charge in [-0.1, -0.05) is 36.7 Å². The molecule has 6 heteroatoms. The Morgan fingerprint density at radius 3 is 2.37 bits per heavy atom. The number of hydrogen-bond acceptors (Lipinski definition) is 2. The summed E-state index contributed by atoms with van der Waals surface area (Å²) in [5.41, 5.74) is 0.0996. The van der Waals surface area contributed by atoms with Crippen LogP contribution in [0, 0.1) is 0 Å². The lowest BCUT2D eigenvalue weighted by Gasteiger charge is -2.15. The highest BCUT2D eigenvalue weighted by molar-refractivity contribution is 9.09. The molecule has 110 valence electrons. The Hall–Kier alpha value is -0.0700. The number of ether oxygens (including phenoxy) is 1. The van der Waals surface area contributed by atoms with Crippen molar-refractivity contribution >= 4 is 27.3 Å². The first kappa shape index (κ1) is 17.0. The first-order valence-electron chi connectivity index (χ1n) is 5.98. The fourth-order valence-corrected chi connectivity index (χ4v) is 3.14. The predicted molar refractivity (Wildman–Crippen MR) is 76.2 cm³/mol. The van der Waals surface area contributed by atoms with Crippen molar-refractivity contribution in [1.82, 2.24) is 0 Å². The van der Waals surface area contributed by atoms with Crippen LogP contribution in [0.1, 0.15) is 41.8 Å². The van der Waals surface area contributed by atoms with Crippen LogP contribution in [0.4, 0.5) is 13.2 Å². The average molecular weight is 359 g/mol. The van der Waals surface area contributed by atoms with Crippen molar-refractivity contribution in [2.24, 2.45) is 0 Å². The van der Waals surface area contributed by atoms with Crippen molar-refractivity contribution in [3.05, 3.63) is 21.9 Å². The zero-order chi connectivity index (χ0) is 14.7. The summed E-state index contributed by atoms with van der Waals surface area (Å²) in [5, 5.41) is 0. The Labute approximate surface area is 124 Å². The molecule has 0 saturated carbocycles. The summed E-state index contributed by atoms with van der Waals surface area (Å²) in [6.07, 6.45) is -3.72. The summed E-state index contributed by atoms with van der Waals surface area (Å²) in [7, 11) is 0. The fraction of sp³-hybridized carbons (Fsp3) is 0.692. The zero-order valence-electron chi connectivity index (χ0n) is 11.2. The third kappa shape index (κ3) is 6.27. The van der Waals surface area contributed by atoms with E-state index in [1.165, 1.54) is 4.88 Å². The van der Waals surface area contributed by atoms with Crippen LogP contribution in [0.5, 0.6) is 0 Å². The molecule has 1 aromatic rings. The van der Waals surface area contributed by atoms with Gasteiger partial charge in [0.05, 0.1) is 4.83 Å². The van der Waals surface area contributed by atoms with Gasteiger partial charge in [-0.05, 0) is 24.0 Å². The van der Waals surface area contributed by atoms with Crippen LogP contribution in [-0.2, 0) is 10.2 Å². The molecule has 0 fully saturated rings. The smallest absolute Gasteiger partial charge is 0.372 e. The minimum Gasteiger partial charge on any atom is -0.372 e. The summed E-state index contributed by atoms with van der Waals surface area (Å²) in [4.78, 5) is 2.44. The van der Waals surface area contributed by atoms with E-state index in [-0.39, 0.29) is 16.8 Å². The third-order valence-corrected chi connectivity index (χ3v) is 5.33. The Balaban J connectivity index is 2.42. The maximum Gasteiger partial charge on any atom is 0.411 e. The second-order valence-corrected chi connectivity index (χ2v) is 7.60. The van der Waals surface area contributed by atoms with Crippen LogP contribution in [0.2, 0.25) is 0 Å². The van der Waals surface area contributed by atoms with E-state index in [4.69, 9.17) is 0 Å². The SMILES string of the molecule is CC(C)(C)c1ccc(C(Br)CCOCC(F)(F)F)s1. The summed E-state index contributed by atoms with van der Waals surface area (Å²) in [5.74, 6) is 0. The topological polar surface area (TPSA) is 9.23 Å². The number of hydrogen-bond donors (Lipinski definition) is 0. The predicted octanol–water partition coefficient (Wildman–Crippen LogP) is 5.45. The van der Waals surface area contributed by atoms with Crippen LogP contribution in [-0.4, -0.2) is 19.4 Å².